The Bertz CT molecular complexity index is 437. The zero-order valence-corrected chi connectivity index (χ0v) is 13.1. The summed E-state index contributed by atoms with van der Waals surface area (Å²) in [6.07, 6.45) is 2.04. The molecule has 3 nitrogen and oxygen atoms in total. The van der Waals surface area contributed by atoms with Crippen molar-refractivity contribution in [3.05, 3.63) is 29.3 Å². The van der Waals surface area contributed by atoms with Crippen LogP contribution in [0, 0.1) is 0 Å². The SMILES string of the molecule is CCC(C)(C)c1ccc(O)c(CCN2CCNCC2)c1. The van der Waals surface area contributed by atoms with Crippen molar-refractivity contribution in [3.63, 3.8) is 0 Å². The lowest BCUT2D eigenvalue weighted by atomic mass is 9.81. The van der Waals surface area contributed by atoms with E-state index in [2.05, 4.69) is 43.1 Å². The van der Waals surface area contributed by atoms with Gasteiger partial charge in [-0.2, -0.15) is 0 Å². The van der Waals surface area contributed by atoms with Gasteiger partial charge < -0.3 is 15.3 Å². The minimum absolute atomic E-state index is 0.178. The minimum Gasteiger partial charge on any atom is -0.508 e. The van der Waals surface area contributed by atoms with Crippen LogP contribution in [0.5, 0.6) is 5.75 Å². The number of phenolic OH excluding ortho intramolecular Hbond substituents is 1. The summed E-state index contributed by atoms with van der Waals surface area (Å²) in [6, 6.07) is 6.12. The first-order valence-corrected chi connectivity index (χ1v) is 7.78. The van der Waals surface area contributed by atoms with Crippen molar-refractivity contribution in [2.75, 3.05) is 32.7 Å². The Balaban J connectivity index is 2.04. The Morgan fingerprint density at radius 3 is 2.60 bits per heavy atom. The van der Waals surface area contributed by atoms with Crippen LogP contribution >= 0.6 is 0 Å². The van der Waals surface area contributed by atoms with E-state index in [-0.39, 0.29) is 5.41 Å². The molecule has 1 aliphatic heterocycles. The lowest BCUT2D eigenvalue weighted by Gasteiger charge is -2.28. The van der Waals surface area contributed by atoms with Crippen molar-refractivity contribution in [1.29, 1.82) is 0 Å². The molecule has 0 spiro atoms. The summed E-state index contributed by atoms with van der Waals surface area (Å²) in [6.45, 7) is 12.2. The highest BCUT2D eigenvalue weighted by Crippen LogP contribution is 2.30. The molecule has 1 aromatic rings. The van der Waals surface area contributed by atoms with Gasteiger partial charge in [-0.3, -0.25) is 0 Å². The molecule has 0 aromatic heterocycles. The summed E-state index contributed by atoms with van der Waals surface area (Å²) >= 11 is 0. The number of nitrogens with one attached hydrogen (secondary N) is 1. The van der Waals surface area contributed by atoms with Crippen molar-refractivity contribution in [3.8, 4) is 5.75 Å². The second kappa shape index (κ2) is 6.59. The highest BCUT2D eigenvalue weighted by Gasteiger charge is 2.19. The molecule has 0 radical (unpaired) electrons. The number of hydrogen-bond acceptors (Lipinski definition) is 3. The van der Waals surface area contributed by atoms with Crippen LogP contribution in [0.2, 0.25) is 0 Å². The van der Waals surface area contributed by atoms with Crippen LogP contribution in [-0.4, -0.2) is 42.7 Å². The van der Waals surface area contributed by atoms with E-state index < -0.39 is 0 Å². The maximum atomic E-state index is 10.1. The van der Waals surface area contributed by atoms with E-state index in [9.17, 15) is 5.11 Å². The normalized spacial score (nSPS) is 17.4. The quantitative estimate of drug-likeness (QED) is 0.867. The van der Waals surface area contributed by atoms with Gasteiger partial charge in [0, 0.05) is 32.7 Å². The third kappa shape index (κ3) is 3.74. The Morgan fingerprint density at radius 1 is 1.25 bits per heavy atom. The van der Waals surface area contributed by atoms with Crippen LogP contribution in [0.3, 0.4) is 0 Å². The van der Waals surface area contributed by atoms with E-state index in [0.717, 1.165) is 51.1 Å². The first kappa shape index (κ1) is 15.3. The summed E-state index contributed by atoms with van der Waals surface area (Å²) in [5, 5.41) is 13.4. The van der Waals surface area contributed by atoms with Crippen molar-refractivity contribution < 1.29 is 5.11 Å². The molecular weight excluding hydrogens is 248 g/mol. The second-order valence-electron chi connectivity index (χ2n) is 6.42. The highest BCUT2D eigenvalue weighted by molar-refractivity contribution is 5.39. The molecule has 112 valence electrons. The fraction of sp³-hybridized carbons (Fsp3) is 0.647. The molecule has 0 aliphatic carbocycles. The van der Waals surface area contributed by atoms with Crippen molar-refractivity contribution in [2.45, 2.75) is 39.0 Å². The molecule has 1 aliphatic rings. The highest BCUT2D eigenvalue weighted by atomic mass is 16.3. The van der Waals surface area contributed by atoms with Gasteiger partial charge in [0.05, 0.1) is 0 Å². The molecule has 20 heavy (non-hydrogen) atoms. The number of benzene rings is 1. The average molecular weight is 276 g/mol. The molecule has 0 amide bonds. The minimum atomic E-state index is 0.178. The van der Waals surface area contributed by atoms with E-state index >= 15 is 0 Å². The summed E-state index contributed by atoms with van der Waals surface area (Å²) in [5.41, 5.74) is 2.59. The van der Waals surface area contributed by atoms with E-state index in [1.54, 1.807) is 0 Å². The van der Waals surface area contributed by atoms with E-state index in [0.29, 0.717) is 5.75 Å². The third-order valence-electron chi connectivity index (χ3n) is 4.65. The maximum Gasteiger partial charge on any atom is 0.118 e. The van der Waals surface area contributed by atoms with E-state index in [1.807, 2.05) is 6.07 Å². The number of phenols is 1. The second-order valence-corrected chi connectivity index (χ2v) is 6.42. The maximum absolute atomic E-state index is 10.1. The van der Waals surface area contributed by atoms with Gasteiger partial charge in [0.25, 0.3) is 0 Å². The molecule has 1 heterocycles. The van der Waals surface area contributed by atoms with Gasteiger partial charge in [-0.15, -0.1) is 0 Å². The fourth-order valence-electron chi connectivity index (χ4n) is 2.62. The van der Waals surface area contributed by atoms with Crippen molar-refractivity contribution >= 4 is 0 Å². The predicted molar refractivity (Wildman–Crippen MR) is 84.4 cm³/mol. The van der Waals surface area contributed by atoms with Crippen LogP contribution in [0.4, 0.5) is 0 Å². The lowest BCUT2D eigenvalue weighted by molar-refractivity contribution is 0.243. The molecule has 2 rings (SSSR count). The van der Waals surface area contributed by atoms with Crippen LogP contribution in [-0.2, 0) is 11.8 Å². The Labute approximate surface area is 123 Å². The average Bonchev–Trinajstić information content (AvgIpc) is 2.47. The van der Waals surface area contributed by atoms with Crippen LogP contribution < -0.4 is 5.32 Å². The Morgan fingerprint density at radius 2 is 1.95 bits per heavy atom. The first-order valence-electron chi connectivity index (χ1n) is 7.78. The zero-order valence-electron chi connectivity index (χ0n) is 13.1. The molecule has 1 fully saturated rings. The van der Waals surface area contributed by atoms with Gasteiger partial charge in [-0.25, -0.2) is 0 Å². The fourth-order valence-corrected chi connectivity index (χ4v) is 2.62. The monoisotopic (exact) mass is 276 g/mol. The smallest absolute Gasteiger partial charge is 0.118 e. The van der Waals surface area contributed by atoms with Crippen LogP contribution in [0.15, 0.2) is 18.2 Å². The van der Waals surface area contributed by atoms with Gasteiger partial charge in [-0.05, 0) is 35.4 Å². The molecular formula is C17H28N2O. The van der Waals surface area contributed by atoms with Crippen LogP contribution in [0.25, 0.3) is 0 Å². The van der Waals surface area contributed by atoms with Gasteiger partial charge >= 0.3 is 0 Å². The molecule has 1 aromatic carbocycles. The van der Waals surface area contributed by atoms with Gasteiger partial charge in [0.15, 0.2) is 0 Å². The van der Waals surface area contributed by atoms with Crippen LogP contribution in [0.1, 0.15) is 38.3 Å². The third-order valence-corrected chi connectivity index (χ3v) is 4.65. The number of piperazine rings is 1. The van der Waals surface area contributed by atoms with Crippen molar-refractivity contribution in [2.24, 2.45) is 0 Å². The summed E-state index contributed by atoms with van der Waals surface area (Å²) in [5.74, 6) is 0.441. The molecule has 0 bridgehead atoms. The lowest BCUT2D eigenvalue weighted by Crippen LogP contribution is -2.44. The molecule has 1 saturated heterocycles. The first-order chi connectivity index (χ1) is 9.53. The van der Waals surface area contributed by atoms with Gasteiger partial charge in [0.1, 0.15) is 5.75 Å². The van der Waals surface area contributed by atoms with Crippen molar-refractivity contribution in [1.82, 2.24) is 10.2 Å². The Kier molecular flexibility index (Phi) is 5.06. The summed E-state index contributed by atoms with van der Waals surface area (Å²) in [7, 11) is 0. The van der Waals surface area contributed by atoms with E-state index in [1.165, 1.54) is 5.56 Å². The van der Waals surface area contributed by atoms with E-state index in [4.69, 9.17) is 0 Å². The summed E-state index contributed by atoms with van der Waals surface area (Å²) < 4.78 is 0. The molecule has 3 heteroatoms. The molecule has 0 saturated carbocycles. The summed E-state index contributed by atoms with van der Waals surface area (Å²) in [4.78, 5) is 2.47. The number of hydrogen-bond donors (Lipinski definition) is 2. The standard InChI is InChI=1S/C17H28N2O/c1-4-17(2,3)15-5-6-16(20)14(13-15)7-10-19-11-8-18-9-12-19/h5-6,13,18,20H,4,7-12H2,1-3H3. The number of rotatable bonds is 5. The topological polar surface area (TPSA) is 35.5 Å². The van der Waals surface area contributed by atoms with Gasteiger partial charge in [0.2, 0.25) is 0 Å². The predicted octanol–water partition coefficient (Wildman–Crippen LogP) is 2.53. The molecule has 0 atom stereocenters. The zero-order chi connectivity index (χ0) is 14.6. The molecule has 2 N–H and O–H groups in total. The largest absolute Gasteiger partial charge is 0.508 e. The molecule has 0 unspecified atom stereocenters. The van der Waals surface area contributed by atoms with Gasteiger partial charge in [-0.1, -0.05) is 32.9 Å². The number of aromatic hydroxyl groups is 1. The Hall–Kier alpha value is -1.06. The number of nitrogens with zero attached hydrogens (tertiary/aromatic N) is 1.